The molecule has 0 saturated carbocycles. The Labute approximate surface area is 167 Å². The molecule has 0 aromatic heterocycles. The number of nitrogens with zero attached hydrogens (tertiary/aromatic N) is 1. The summed E-state index contributed by atoms with van der Waals surface area (Å²) in [6.45, 7) is 7.98. The molecule has 5 heteroatoms. The zero-order chi connectivity index (χ0) is 20.3. The number of amides is 2. The van der Waals surface area contributed by atoms with Gasteiger partial charge in [0, 0.05) is 13.1 Å². The largest absolute Gasteiger partial charge is 0.344 e. The molecule has 2 atom stereocenters. The molecule has 150 valence electrons. The molecule has 2 amide bonds. The molecule has 2 aromatic rings. The molecule has 1 fully saturated rings. The molecule has 1 aliphatic rings. The van der Waals surface area contributed by atoms with Gasteiger partial charge in [-0.15, -0.1) is 0 Å². The number of rotatable bonds is 6. The topological polar surface area (TPSA) is 75.4 Å². The predicted molar refractivity (Wildman–Crippen MR) is 113 cm³/mol. The minimum Gasteiger partial charge on any atom is -0.344 e. The Morgan fingerprint density at radius 3 is 2.54 bits per heavy atom. The van der Waals surface area contributed by atoms with Gasteiger partial charge in [-0.25, -0.2) is 0 Å². The molecule has 3 N–H and O–H groups in total. The second-order valence-corrected chi connectivity index (χ2v) is 8.67. The summed E-state index contributed by atoms with van der Waals surface area (Å²) in [7, 11) is 0. The Kier molecular flexibility index (Phi) is 6.04. The molecular weight excluding hydrogens is 350 g/mol. The number of carbonyl (C=O) groups is 2. The number of fused-ring (bicyclic) bond motifs is 1. The number of hydrogen-bond acceptors (Lipinski definition) is 3. The van der Waals surface area contributed by atoms with Crippen LogP contribution in [0.25, 0.3) is 10.8 Å². The van der Waals surface area contributed by atoms with E-state index in [2.05, 4.69) is 18.3 Å². The maximum absolute atomic E-state index is 13.0. The van der Waals surface area contributed by atoms with Gasteiger partial charge in [0.1, 0.15) is 6.04 Å². The van der Waals surface area contributed by atoms with Crippen molar-refractivity contribution in [3.8, 4) is 0 Å². The van der Waals surface area contributed by atoms with Crippen molar-refractivity contribution in [1.82, 2.24) is 10.2 Å². The first-order valence-corrected chi connectivity index (χ1v) is 10.1. The summed E-state index contributed by atoms with van der Waals surface area (Å²) in [6.07, 6.45) is 1.17. The zero-order valence-corrected chi connectivity index (χ0v) is 17.1. The van der Waals surface area contributed by atoms with Crippen LogP contribution in [-0.2, 0) is 16.0 Å². The van der Waals surface area contributed by atoms with Crippen LogP contribution in [-0.4, -0.2) is 42.4 Å². The zero-order valence-electron chi connectivity index (χ0n) is 17.1. The van der Waals surface area contributed by atoms with Crippen LogP contribution in [0.15, 0.2) is 42.5 Å². The van der Waals surface area contributed by atoms with Crippen molar-refractivity contribution in [2.24, 2.45) is 17.1 Å². The number of carbonyl (C=O) groups excluding carboxylic acids is 2. The highest BCUT2D eigenvalue weighted by molar-refractivity contribution is 5.90. The summed E-state index contributed by atoms with van der Waals surface area (Å²) in [4.78, 5) is 27.5. The minimum absolute atomic E-state index is 0.000892. The first-order valence-electron chi connectivity index (χ1n) is 10.1. The molecular formula is C23H31N3O2. The molecule has 0 radical (unpaired) electrons. The van der Waals surface area contributed by atoms with Gasteiger partial charge in [0.05, 0.1) is 6.42 Å². The van der Waals surface area contributed by atoms with Crippen molar-refractivity contribution >= 4 is 22.6 Å². The predicted octanol–water partition coefficient (Wildman–Crippen LogP) is 2.72. The second-order valence-electron chi connectivity index (χ2n) is 8.67. The molecule has 0 bridgehead atoms. The van der Waals surface area contributed by atoms with Crippen molar-refractivity contribution in [1.29, 1.82) is 0 Å². The Bertz CT molecular complexity index is 864. The monoisotopic (exact) mass is 381 g/mol. The summed E-state index contributed by atoms with van der Waals surface area (Å²) in [6, 6.07) is 13.6. The normalized spacial score (nSPS) is 20.5. The number of likely N-dealkylation sites (tertiary alicyclic amines) is 1. The average Bonchev–Trinajstić information content (AvgIpc) is 3.08. The fraction of sp³-hybridized carbons (Fsp3) is 0.478. The lowest BCUT2D eigenvalue weighted by Crippen LogP contribution is -2.51. The van der Waals surface area contributed by atoms with E-state index in [0.29, 0.717) is 19.6 Å². The van der Waals surface area contributed by atoms with Gasteiger partial charge in [-0.05, 0) is 40.6 Å². The van der Waals surface area contributed by atoms with Crippen molar-refractivity contribution < 1.29 is 9.59 Å². The molecule has 0 spiro atoms. The molecule has 1 aliphatic heterocycles. The maximum atomic E-state index is 13.0. The number of nitrogens with one attached hydrogen (secondary N) is 1. The molecule has 0 aliphatic carbocycles. The molecule has 3 rings (SSSR count). The fourth-order valence-electron chi connectivity index (χ4n) is 3.85. The Morgan fingerprint density at radius 1 is 1.18 bits per heavy atom. The maximum Gasteiger partial charge on any atom is 0.245 e. The third kappa shape index (κ3) is 4.53. The first kappa shape index (κ1) is 20.3. The van der Waals surface area contributed by atoms with Crippen LogP contribution >= 0.6 is 0 Å². The lowest BCUT2D eigenvalue weighted by molar-refractivity contribution is -0.137. The fourth-order valence-corrected chi connectivity index (χ4v) is 3.85. The van der Waals surface area contributed by atoms with Crippen LogP contribution in [0.2, 0.25) is 0 Å². The van der Waals surface area contributed by atoms with Crippen LogP contribution in [0.4, 0.5) is 0 Å². The first-order chi connectivity index (χ1) is 13.3. The van der Waals surface area contributed by atoms with Gasteiger partial charge in [-0.2, -0.15) is 0 Å². The third-order valence-electron chi connectivity index (χ3n) is 5.79. The highest BCUT2D eigenvalue weighted by atomic mass is 16.2. The second kappa shape index (κ2) is 8.31. The van der Waals surface area contributed by atoms with E-state index in [-0.39, 0.29) is 29.6 Å². The Morgan fingerprint density at radius 2 is 1.89 bits per heavy atom. The van der Waals surface area contributed by atoms with Gasteiger partial charge in [0.25, 0.3) is 0 Å². The van der Waals surface area contributed by atoms with E-state index in [1.165, 1.54) is 0 Å². The molecule has 1 saturated heterocycles. The van der Waals surface area contributed by atoms with Crippen LogP contribution in [0.1, 0.15) is 32.8 Å². The summed E-state index contributed by atoms with van der Waals surface area (Å²) in [5.41, 5.74) is 6.79. The van der Waals surface area contributed by atoms with Crippen molar-refractivity contribution in [3.63, 3.8) is 0 Å². The highest BCUT2D eigenvalue weighted by Gasteiger charge is 2.38. The van der Waals surface area contributed by atoms with Crippen molar-refractivity contribution in [2.75, 3.05) is 19.6 Å². The van der Waals surface area contributed by atoms with Crippen LogP contribution in [0.5, 0.6) is 0 Å². The molecule has 2 unspecified atom stereocenters. The molecule has 2 aromatic carbocycles. The van der Waals surface area contributed by atoms with Crippen LogP contribution in [0, 0.1) is 11.3 Å². The van der Waals surface area contributed by atoms with Gasteiger partial charge < -0.3 is 16.0 Å². The molecule has 28 heavy (non-hydrogen) atoms. The van der Waals surface area contributed by atoms with Gasteiger partial charge in [0.2, 0.25) is 11.8 Å². The van der Waals surface area contributed by atoms with E-state index in [1.807, 2.05) is 55.1 Å². The Hall–Kier alpha value is -2.40. The van der Waals surface area contributed by atoms with Gasteiger partial charge in [-0.3, -0.25) is 9.59 Å². The number of hydrogen-bond donors (Lipinski definition) is 2. The van der Waals surface area contributed by atoms with Crippen molar-refractivity contribution in [2.45, 2.75) is 39.7 Å². The van der Waals surface area contributed by atoms with E-state index >= 15 is 0 Å². The quantitative estimate of drug-likeness (QED) is 0.808. The third-order valence-corrected chi connectivity index (χ3v) is 5.79. The number of nitrogens with two attached hydrogens (primary N) is 1. The summed E-state index contributed by atoms with van der Waals surface area (Å²) in [5.74, 6) is -0.0973. The van der Waals surface area contributed by atoms with Gasteiger partial charge >= 0.3 is 0 Å². The van der Waals surface area contributed by atoms with E-state index in [9.17, 15) is 9.59 Å². The van der Waals surface area contributed by atoms with E-state index in [4.69, 9.17) is 5.73 Å². The van der Waals surface area contributed by atoms with Gasteiger partial charge in [0.15, 0.2) is 0 Å². The lowest BCUT2D eigenvalue weighted by atomic mass is 9.90. The van der Waals surface area contributed by atoms with E-state index in [1.54, 1.807) is 0 Å². The molecule has 5 nitrogen and oxygen atoms in total. The summed E-state index contributed by atoms with van der Waals surface area (Å²) >= 11 is 0. The van der Waals surface area contributed by atoms with Crippen molar-refractivity contribution in [3.05, 3.63) is 48.0 Å². The van der Waals surface area contributed by atoms with Crippen LogP contribution in [0.3, 0.4) is 0 Å². The highest BCUT2D eigenvalue weighted by Crippen LogP contribution is 2.29. The summed E-state index contributed by atoms with van der Waals surface area (Å²) < 4.78 is 0. The van der Waals surface area contributed by atoms with Gasteiger partial charge in [-0.1, -0.05) is 63.2 Å². The Balaban J connectivity index is 1.66. The van der Waals surface area contributed by atoms with E-state index < -0.39 is 6.04 Å². The SMILES string of the molecule is CC(C)C(NC(=O)Cc1ccc2ccccc2c1)C(=O)N1CCC(C)(CN)C1. The lowest BCUT2D eigenvalue weighted by Gasteiger charge is -2.28. The van der Waals surface area contributed by atoms with E-state index in [0.717, 1.165) is 22.8 Å². The number of benzene rings is 2. The molecule has 1 heterocycles. The minimum atomic E-state index is -0.506. The van der Waals surface area contributed by atoms with Crippen LogP contribution < -0.4 is 11.1 Å². The summed E-state index contributed by atoms with van der Waals surface area (Å²) in [5, 5.41) is 5.24. The standard InChI is InChI=1S/C23H31N3O2/c1-16(2)21(22(28)26-11-10-23(3,14-24)15-26)25-20(27)13-17-8-9-18-6-4-5-7-19(18)12-17/h4-9,12,16,21H,10-11,13-15,24H2,1-3H3,(H,25,27). The smallest absolute Gasteiger partial charge is 0.245 e. The average molecular weight is 382 g/mol.